The number of aromatic nitrogens is 2. The number of anilines is 1. The van der Waals surface area contributed by atoms with Crippen molar-refractivity contribution in [1.82, 2.24) is 14.7 Å². The highest BCUT2D eigenvalue weighted by molar-refractivity contribution is 7.09. The van der Waals surface area contributed by atoms with Crippen LogP contribution in [-0.2, 0) is 6.42 Å². The van der Waals surface area contributed by atoms with Gasteiger partial charge in [-0.05, 0) is 31.0 Å². The number of hydrogen-bond donors (Lipinski definition) is 1. The van der Waals surface area contributed by atoms with E-state index in [1.165, 1.54) is 29.1 Å². The molecule has 4 nitrogen and oxygen atoms in total. The number of aryl methyl sites for hydroxylation is 1. The van der Waals surface area contributed by atoms with Crippen LogP contribution in [0.4, 0.5) is 5.13 Å². The van der Waals surface area contributed by atoms with Gasteiger partial charge in [0.15, 0.2) is 0 Å². The van der Waals surface area contributed by atoms with Gasteiger partial charge in [-0.3, -0.25) is 0 Å². The van der Waals surface area contributed by atoms with Gasteiger partial charge in [-0.2, -0.15) is 4.37 Å². The van der Waals surface area contributed by atoms with E-state index in [-0.39, 0.29) is 0 Å². The predicted octanol–water partition coefficient (Wildman–Crippen LogP) is 2.24. The Hall–Kier alpha value is -1.46. The fraction of sp³-hybridized carbons (Fsp3) is 0.467. The molecular weight excluding hydrogens is 268 g/mol. The minimum Gasteiger partial charge on any atom is -0.346 e. The maximum atomic E-state index is 4.72. The molecule has 0 bridgehead atoms. The first-order valence-electron chi connectivity index (χ1n) is 7.16. The van der Waals surface area contributed by atoms with Gasteiger partial charge in [0.2, 0.25) is 5.13 Å². The van der Waals surface area contributed by atoms with Crippen LogP contribution >= 0.6 is 11.5 Å². The van der Waals surface area contributed by atoms with Crippen molar-refractivity contribution in [1.29, 1.82) is 0 Å². The van der Waals surface area contributed by atoms with Crippen LogP contribution in [0.25, 0.3) is 0 Å². The van der Waals surface area contributed by atoms with Gasteiger partial charge >= 0.3 is 0 Å². The Morgan fingerprint density at radius 3 is 3.05 bits per heavy atom. The van der Waals surface area contributed by atoms with Crippen molar-refractivity contribution in [2.24, 2.45) is 0 Å². The summed E-state index contributed by atoms with van der Waals surface area (Å²) in [6.45, 7) is 6.38. The monoisotopic (exact) mass is 288 g/mol. The highest BCUT2D eigenvalue weighted by Gasteiger charge is 2.14. The van der Waals surface area contributed by atoms with Crippen LogP contribution in [0.3, 0.4) is 0 Å². The molecule has 0 atom stereocenters. The molecule has 0 saturated carbocycles. The van der Waals surface area contributed by atoms with Gasteiger partial charge in [0, 0.05) is 37.6 Å². The normalized spacial score (nSPS) is 16.1. The minimum atomic E-state index is 0.829. The lowest BCUT2D eigenvalue weighted by atomic mass is 10.1. The van der Waals surface area contributed by atoms with Gasteiger partial charge < -0.3 is 10.2 Å². The van der Waals surface area contributed by atoms with Crippen LogP contribution in [0.1, 0.15) is 23.4 Å². The Kier molecular flexibility index (Phi) is 4.28. The highest BCUT2D eigenvalue weighted by atomic mass is 32.1. The molecule has 5 heteroatoms. The molecule has 0 amide bonds. The Morgan fingerprint density at radius 1 is 1.25 bits per heavy atom. The molecule has 0 radical (unpaired) electrons. The molecule has 0 unspecified atom stereocenters. The van der Waals surface area contributed by atoms with E-state index in [1.54, 1.807) is 0 Å². The van der Waals surface area contributed by atoms with E-state index in [4.69, 9.17) is 4.98 Å². The summed E-state index contributed by atoms with van der Waals surface area (Å²) in [5.41, 5.74) is 2.62. The van der Waals surface area contributed by atoms with Gasteiger partial charge in [0.05, 0.1) is 0 Å². The first-order valence-corrected chi connectivity index (χ1v) is 7.93. The summed E-state index contributed by atoms with van der Waals surface area (Å²) in [4.78, 5) is 7.06. The topological polar surface area (TPSA) is 41.1 Å². The molecule has 0 aliphatic carbocycles. The first-order chi connectivity index (χ1) is 9.83. The van der Waals surface area contributed by atoms with E-state index in [0.29, 0.717) is 0 Å². The number of nitrogens with one attached hydrogen (secondary N) is 1. The van der Waals surface area contributed by atoms with E-state index < -0.39 is 0 Å². The Labute approximate surface area is 124 Å². The Bertz CT molecular complexity index is 559. The molecule has 106 valence electrons. The van der Waals surface area contributed by atoms with Crippen LogP contribution in [-0.4, -0.2) is 35.5 Å². The lowest BCUT2D eigenvalue weighted by Gasteiger charge is -2.17. The molecule has 1 aromatic heterocycles. The van der Waals surface area contributed by atoms with Gasteiger partial charge in [0.25, 0.3) is 0 Å². The average Bonchev–Trinajstić information content (AvgIpc) is 2.74. The Balaban J connectivity index is 1.71. The molecule has 1 saturated heterocycles. The van der Waals surface area contributed by atoms with E-state index in [1.807, 2.05) is 0 Å². The van der Waals surface area contributed by atoms with Crippen molar-refractivity contribution >= 4 is 16.7 Å². The van der Waals surface area contributed by atoms with Crippen LogP contribution in [0.2, 0.25) is 0 Å². The van der Waals surface area contributed by atoms with Crippen molar-refractivity contribution in [3.05, 3.63) is 41.2 Å². The summed E-state index contributed by atoms with van der Waals surface area (Å²) < 4.78 is 4.53. The molecular formula is C15H20N4S. The second-order valence-electron chi connectivity index (χ2n) is 5.19. The average molecular weight is 288 g/mol. The van der Waals surface area contributed by atoms with E-state index >= 15 is 0 Å². The third-order valence-corrected chi connectivity index (χ3v) is 4.49. The van der Waals surface area contributed by atoms with Crippen LogP contribution < -0.4 is 10.2 Å². The fourth-order valence-corrected chi connectivity index (χ4v) is 3.20. The van der Waals surface area contributed by atoms with E-state index in [0.717, 1.165) is 43.6 Å². The minimum absolute atomic E-state index is 0.829. The summed E-state index contributed by atoms with van der Waals surface area (Å²) in [5, 5.41) is 4.48. The summed E-state index contributed by atoms with van der Waals surface area (Å²) in [5.74, 6) is 0.941. The third kappa shape index (κ3) is 3.16. The number of rotatable bonds is 3. The smallest absolute Gasteiger partial charge is 0.205 e. The summed E-state index contributed by atoms with van der Waals surface area (Å²) in [6, 6.07) is 8.45. The van der Waals surface area contributed by atoms with Crippen molar-refractivity contribution < 1.29 is 0 Å². The maximum Gasteiger partial charge on any atom is 0.205 e. The molecule has 20 heavy (non-hydrogen) atoms. The predicted molar refractivity (Wildman–Crippen MR) is 83.6 cm³/mol. The Morgan fingerprint density at radius 2 is 2.15 bits per heavy atom. The van der Waals surface area contributed by atoms with E-state index in [2.05, 4.69) is 45.8 Å². The fourth-order valence-electron chi connectivity index (χ4n) is 2.46. The molecule has 0 spiro atoms. The largest absolute Gasteiger partial charge is 0.346 e. The molecule has 3 rings (SSSR count). The second-order valence-corrected chi connectivity index (χ2v) is 5.92. The quantitative estimate of drug-likeness (QED) is 0.940. The van der Waals surface area contributed by atoms with Crippen LogP contribution in [0.5, 0.6) is 0 Å². The van der Waals surface area contributed by atoms with E-state index in [9.17, 15) is 0 Å². The van der Waals surface area contributed by atoms with Crippen molar-refractivity contribution in [2.45, 2.75) is 19.8 Å². The molecule has 1 fully saturated rings. The van der Waals surface area contributed by atoms with Crippen molar-refractivity contribution in [2.75, 3.05) is 31.1 Å². The van der Waals surface area contributed by atoms with Gasteiger partial charge in [-0.15, -0.1) is 0 Å². The van der Waals surface area contributed by atoms with Crippen LogP contribution in [0.15, 0.2) is 24.3 Å². The number of benzene rings is 1. The number of hydrogen-bond acceptors (Lipinski definition) is 5. The maximum absolute atomic E-state index is 4.72. The summed E-state index contributed by atoms with van der Waals surface area (Å²) in [7, 11) is 0. The summed E-state index contributed by atoms with van der Waals surface area (Å²) in [6.07, 6.45) is 2.00. The lowest BCUT2D eigenvalue weighted by molar-refractivity contribution is 0.724. The molecule has 1 N–H and O–H groups in total. The molecule has 1 aromatic carbocycles. The molecule has 1 aliphatic heterocycles. The second kappa shape index (κ2) is 6.33. The summed E-state index contributed by atoms with van der Waals surface area (Å²) >= 11 is 1.53. The SMILES string of the molecule is Cc1ccccc1Cc1nsc(N2CCCNCC2)n1. The zero-order valence-electron chi connectivity index (χ0n) is 11.8. The van der Waals surface area contributed by atoms with Crippen molar-refractivity contribution in [3.63, 3.8) is 0 Å². The van der Waals surface area contributed by atoms with Crippen LogP contribution in [0, 0.1) is 6.92 Å². The lowest BCUT2D eigenvalue weighted by Crippen LogP contribution is -2.27. The van der Waals surface area contributed by atoms with Gasteiger partial charge in [-0.25, -0.2) is 4.98 Å². The third-order valence-electron chi connectivity index (χ3n) is 3.68. The first kappa shape index (κ1) is 13.5. The molecule has 1 aliphatic rings. The van der Waals surface area contributed by atoms with Gasteiger partial charge in [0.1, 0.15) is 5.82 Å². The zero-order valence-corrected chi connectivity index (χ0v) is 12.6. The van der Waals surface area contributed by atoms with Crippen molar-refractivity contribution in [3.8, 4) is 0 Å². The molecule has 2 heterocycles. The zero-order chi connectivity index (χ0) is 13.8. The molecule has 2 aromatic rings. The highest BCUT2D eigenvalue weighted by Crippen LogP contribution is 2.20. The standard InChI is InChI=1S/C15H20N4S/c1-12-5-2-3-6-13(12)11-14-17-15(20-18-14)19-9-4-7-16-8-10-19/h2-3,5-6,16H,4,7-11H2,1H3. The van der Waals surface area contributed by atoms with Gasteiger partial charge in [-0.1, -0.05) is 24.3 Å². The number of nitrogens with zero attached hydrogens (tertiary/aromatic N) is 3.